The van der Waals surface area contributed by atoms with E-state index in [1.807, 2.05) is 31.2 Å². The first-order valence-corrected chi connectivity index (χ1v) is 12.9. The summed E-state index contributed by atoms with van der Waals surface area (Å²) in [5.41, 5.74) is 4.24. The Morgan fingerprint density at radius 1 is 1.08 bits per heavy atom. The van der Waals surface area contributed by atoms with E-state index in [1.54, 1.807) is 29.1 Å². The number of anilines is 3. The zero-order chi connectivity index (χ0) is 25.8. The van der Waals surface area contributed by atoms with Gasteiger partial charge >= 0.3 is 6.03 Å². The number of amides is 2. The van der Waals surface area contributed by atoms with E-state index in [4.69, 9.17) is 16.3 Å². The van der Waals surface area contributed by atoms with Crippen LogP contribution in [0.15, 0.2) is 48.7 Å². The molecule has 192 valence electrons. The SMILES string of the molecule is Cc1c(NC(=O)Nc2ccc(N3CCC(N4CCOCC4)CC3)c(C#N)c2)cnn1-c1ccc(Cl)cc1. The van der Waals surface area contributed by atoms with Gasteiger partial charge in [0.15, 0.2) is 0 Å². The maximum atomic E-state index is 12.7. The molecular formula is C27H30ClN7O2. The van der Waals surface area contributed by atoms with Crippen LogP contribution < -0.4 is 15.5 Å². The van der Waals surface area contributed by atoms with Crippen molar-refractivity contribution in [1.29, 1.82) is 5.26 Å². The summed E-state index contributed by atoms with van der Waals surface area (Å²) < 4.78 is 7.21. The summed E-state index contributed by atoms with van der Waals surface area (Å²) in [5, 5.41) is 20.5. The predicted molar refractivity (Wildman–Crippen MR) is 145 cm³/mol. The van der Waals surface area contributed by atoms with Crippen LogP contribution in [0.4, 0.5) is 21.9 Å². The Balaban J connectivity index is 1.20. The second-order valence-electron chi connectivity index (χ2n) is 9.32. The number of carbonyl (C=O) groups excluding carboxylic acids is 1. The molecule has 0 saturated carbocycles. The monoisotopic (exact) mass is 519 g/mol. The number of piperidine rings is 1. The third-order valence-electron chi connectivity index (χ3n) is 7.07. The van der Waals surface area contributed by atoms with E-state index in [0.717, 1.165) is 69.3 Å². The average Bonchev–Trinajstić information content (AvgIpc) is 3.29. The van der Waals surface area contributed by atoms with Crippen LogP contribution in [0.2, 0.25) is 5.02 Å². The van der Waals surface area contributed by atoms with Crippen molar-refractivity contribution >= 4 is 34.7 Å². The highest BCUT2D eigenvalue weighted by atomic mass is 35.5. The Morgan fingerprint density at radius 3 is 2.51 bits per heavy atom. The Labute approximate surface area is 221 Å². The molecule has 2 fully saturated rings. The fourth-order valence-corrected chi connectivity index (χ4v) is 5.18. The normalized spacial score (nSPS) is 16.8. The van der Waals surface area contributed by atoms with E-state index in [-0.39, 0.29) is 0 Å². The van der Waals surface area contributed by atoms with E-state index in [0.29, 0.717) is 28.0 Å². The molecule has 2 N–H and O–H groups in total. The van der Waals surface area contributed by atoms with Gasteiger partial charge in [-0.05, 0) is 62.2 Å². The summed E-state index contributed by atoms with van der Waals surface area (Å²) in [6.45, 7) is 7.30. The van der Waals surface area contributed by atoms with Crippen molar-refractivity contribution in [1.82, 2.24) is 14.7 Å². The number of hydrogen-bond acceptors (Lipinski definition) is 6. The van der Waals surface area contributed by atoms with Crippen molar-refractivity contribution in [2.45, 2.75) is 25.8 Å². The number of urea groups is 1. The van der Waals surface area contributed by atoms with Gasteiger partial charge in [0.05, 0.1) is 47.7 Å². The van der Waals surface area contributed by atoms with Gasteiger partial charge in [0, 0.05) is 42.9 Å². The van der Waals surface area contributed by atoms with Crippen LogP contribution in [0.25, 0.3) is 5.69 Å². The first-order valence-electron chi connectivity index (χ1n) is 12.5. The van der Waals surface area contributed by atoms with Gasteiger partial charge in [0.2, 0.25) is 0 Å². The quantitative estimate of drug-likeness (QED) is 0.509. The molecule has 1 aromatic heterocycles. The Bertz CT molecular complexity index is 1290. The van der Waals surface area contributed by atoms with E-state index in [1.165, 1.54) is 0 Å². The van der Waals surface area contributed by atoms with Gasteiger partial charge in [0.25, 0.3) is 0 Å². The summed E-state index contributed by atoms with van der Waals surface area (Å²) in [6.07, 6.45) is 3.74. The predicted octanol–water partition coefficient (Wildman–Crippen LogP) is 4.65. The summed E-state index contributed by atoms with van der Waals surface area (Å²) >= 11 is 5.98. The van der Waals surface area contributed by atoms with Gasteiger partial charge in [-0.1, -0.05) is 11.6 Å². The summed E-state index contributed by atoms with van der Waals surface area (Å²) in [4.78, 5) is 17.5. The van der Waals surface area contributed by atoms with Crippen LogP contribution >= 0.6 is 11.6 Å². The lowest BCUT2D eigenvalue weighted by molar-refractivity contribution is 0.0115. The molecule has 0 bridgehead atoms. The molecule has 3 aromatic rings. The molecule has 0 atom stereocenters. The minimum Gasteiger partial charge on any atom is -0.379 e. The molecule has 0 aliphatic carbocycles. The number of nitrogens with zero attached hydrogens (tertiary/aromatic N) is 5. The standard InChI is InChI=1S/C27H30ClN7O2/c1-19-25(18-30-35(19)24-5-2-21(28)3-6-24)32-27(36)31-22-4-7-26(20(16-22)17-29)34-10-8-23(9-11-34)33-12-14-37-15-13-33/h2-7,16,18,23H,8-15H2,1H3,(H2,31,32,36). The fraction of sp³-hybridized carbons (Fsp3) is 0.370. The highest BCUT2D eigenvalue weighted by Gasteiger charge is 2.27. The fourth-order valence-electron chi connectivity index (χ4n) is 5.05. The molecule has 10 heteroatoms. The van der Waals surface area contributed by atoms with Crippen LogP contribution in [0.5, 0.6) is 0 Å². The summed E-state index contributed by atoms with van der Waals surface area (Å²) in [6, 6.07) is 15.3. The van der Waals surface area contributed by atoms with E-state index in [9.17, 15) is 10.1 Å². The maximum absolute atomic E-state index is 12.7. The second-order valence-corrected chi connectivity index (χ2v) is 9.76. The van der Waals surface area contributed by atoms with Gasteiger partial charge in [-0.3, -0.25) is 4.90 Å². The van der Waals surface area contributed by atoms with Crippen LogP contribution in [-0.2, 0) is 4.74 Å². The van der Waals surface area contributed by atoms with Crippen LogP contribution in [-0.4, -0.2) is 66.1 Å². The third kappa shape index (κ3) is 5.72. The Hall–Kier alpha value is -3.58. The molecule has 2 saturated heterocycles. The second kappa shape index (κ2) is 11.2. The number of carbonyl (C=O) groups is 1. The molecule has 37 heavy (non-hydrogen) atoms. The molecule has 2 aliphatic rings. The zero-order valence-electron chi connectivity index (χ0n) is 20.8. The van der Waals surface area contributed by atoms with Gasteiger partial charge in [0.1, 0.15) is 6.07 Å². The number of nitrogens with one attached hydrogen (secondary N) is 2. The minimum atomic E-state index is -0.401. The lowest BCUT2D eigenvalue weighted by Crippen LogP contribution is -2.49. The molecule has 0 unspecified atom stereocenters. The van der Waals surface area contributed by atoms with Crippen LogP contribution in [0.3, 0.4) is 0 Å². The molecule has 0 radical (unpaired) electrons. The molecular weight excluding hydrogens is 490 g/mol. The van der Waals surface area contributed by atoms with E-state index >= 15 is 0 Å². The van der Waals surface area contributed by atoms with Crippen molar-refractivity contribution in [3.63, 3.8) is 0 Å². The first-order chi connectivity index (χ1) is 18.0. The number of aromatic nitrogens is 2. The van der Waals surface area contributed by atoms with E-state index < -0.39 is 6.03 Å². The molecule has 0 spiro atoms. The molecule has 5 rings (SSSR count). The topological polar surface area (TPSA) is 98.4 Å². The highest BCUT2D eigenvalue weighted by Crippen LogP contribution is 2.28. The van der Waals surface area contributed by atoms with Gasteiger partial charge in [-0.25, -0.2) is 9.48 Å². The van der Waals surface area contributed by atoms with Crippen molar-refractivity contribution < 1.29 is 9.53 Å². The summed E-state index contributed by atoms with van der Waals surface area (Å²) in [7, 11) is 0. The number of morpholine rings is 1. The number of nitriles is 1. The van der Waals surface area contributed by atoms with Crippen molar-refractivity contribution in [3.05, 3.63) is 64.9 Å². The molecule has 2 aliphatic heterocycles. The molecule has 3 heterocycles. The van der Waals surface area contributed by atoms with Gasteiger partial charge in [-0.15, -0.1) is 0 Å². The number of ether oxygens (including phenoxy) is 1. The van der Waals surface area contributed by atoms with Crippen LogP contribution in [0.1, 0.15) is 24.1 Å². The Morgan fingerprint density at radius 2 is 1.81 bits per heavy atom. The molecule has 9 nitrogen and oxygen atoms in total. The van der Waals surface area contributed by atoms with E-state index in [2.05, 4.69) is 31.6 Å². The number of halogens is 1. The maximum Gasteiger partial charge on any atom is 0.323 e. The van der Waals surface area contributed by atoms with Crippen molar-refractivity contribution in [3.8, 4) is 11.8 Å². The Kier molecular flexibility index (Phi) is 7.60. The first kappa shape index (κ1) is 25.1. The minimum absolute atomic E-state index is 0.401. The zero-order valence-corrected chi connectivity index (χ0v) is 21.5. The summed E-state index contributed by atoms with van der Waals surface area (Å²) in [5.74, 6) is 0. The average molecular weight is 520 g/mol. The molecule has 2 amide bonds. The van der Waals surface area contributed by atoms with Gasteiger partial charge < -0.3 is 20.3 Å². The largest absolute Gasteiger partial charge is 0.379 e. The van der Waals surface area contributed by atoms with Crippen molar-refractivity contribution in [2.24, 2.45) is 0 Å². The number of hydrogen-bond donors (Lipinski definition) is 2. The number of rotatable bonds is 5. The third-order valence-corrected chi connectivity index (χ3v) is 7.32. The lowest BCUT2D eigenvalue weighted by atomic mass is 10.0. The number of benzene rings is 2. The van der Waals surface area contributed by atoms with Crippen LogP contribution in [0, 0.1) is 18.3 Å². The molecule has 2 aromatic carbocycles. The highest BCUT2D eigenvalue weighted by molar-refractivity contribution is 6.30. The van der Waals surface area contributed by atoms with Crippen molar-refractivity contribution in [2.75, 3.05) is 54.9 Å². The van der Waals surface area contributed by atoms with Gasteiger partial charge in [-0.2, -0.15) is 10.4 Å². The smallest absolute Gasteiger partial charge is 0.323 e. The lowest BCUT2D eigenvalue weighted by Gasteiger charge is -2.41.